The maximum absolute atomic E-state index is 14.5. The Balaban J connectivity index is 1.59. The molecule has 30 heavy (non-hydrogen) atoms. The number of carbonyl (C=O) groups is 1. The van der Waals surface area contributed by atoms with E-state index in [1.165, 1.54) is 0 Å². The third-order valence-corrected chi connectivity index (χ3v) is 5.08. The van der Waals surface area contributed by atoms with Gasteiger partial charge in [-0.25, -0.2) is 4.39 Å². The molecule has 0 atom stereocenters. The molecule has 0 unspecified atom stereocenters. The predicted molar refractivity (Wildman–Crippen MR) is 101 cm³/mol. The molecule has 11 heteroatoms. The number of amidine groups is 1. The van der Waals surface area contributed by atoms with Crippen molar-refractivity contribution >= 4 is 23.4 Å². The van der Waals surface area contributed by atoms with Crippen molar-refractivity contribution in [1.29, 1.82) is 5.41 Å². The lowest BCUT2D eigenvalue weighted by molar-refractivity contribution is -0.137. The second kappa shape index (κ2) is 7.71. The van der Waals surface area contributed by atoms with Crippen LogP contribution in [0.5, 0.6) is 0 Å². The molecule has 0 aromatic heterocycles. The fraction of sp³-hybridized carbons (Fsp3) is 0.421. The second-order valence-corrected chi connectivity index (χ2v) is 7.24. The summed E-state index contributed by atoms with van der Waals surface area (Å²) in [6.07, 6.45) is -2.44. The minimum Gasteiger partial charge on any atom is -0.378 e. The molecule has 1 saturated heterocycles. The summed E-state index contributed by atoms with van der Waals surface area (Å²) in [6.45, 7) is 1.86. The fourth-order valence-electron chi connectivity index (χ4n) is 3.32. The molecular weight excluding hydrogens is 406 g/mol. The number of benzene rings is 1. The number of anilines is 1. The number of hydrogen-bond donors (Lipinski definition) is 3. The second-order valence-electron chi connectivity index (χ2n) is 7.24. The Morgan fingerprint density at radius 3 is 2.57 bits per heavy atom. The van der Waals surface area contributed by atoms with E-state index in [-0.39, 0.29) is 17.5 Å². The van der Waals surface area contributed by atoms with Crippen molar-refractivity contribution in [3.8, 4) is 0 Å². The molecule has 1 aliphatic carbocycles. The van der Waals surface area contributed by atoms with Crippen LogP contribution in [0.1, 0.15) is 29.9 Å². The molecule has 4 rings (SSSR count). The van der Waals surface area contributed by atoms with Gasteiger partial charge in [-0.3, -0.25) is 15.5 Å². The summed E-state index contributed by atoms with van der Waals surface area (Å²) < 4.78 is 60.2. The SMILES string of the molecule is N=C1N=C(N2CCOCC2)NC(=O)/C1=C/Nc1c(F)cc(C2CC2)cc1C(F)(F)F. The monoisotopic (exact) mass is 425 g/mol. The van der Waals surface area contributed by atoms with Gasteiger partial charge in [-0.05, 0) is 36.5 Å². The Morgan fingerprint density at radius 2 is 1.97 bits per heavy atom. The maximum atomic E-state index is 14.5. The number of amides is 1. The molecule has 3 N–H and O–H groups in total. The van der Waals surface area contributed by atoms with Crippen LogP contribution in [0.2, 0.25) is 0 Å². The van der Waals surface area contributed by atoms with E-state index in [1.807, 2.05) is 0 Å². The number of halogens is 4. The lowest BCUT2D eigenvalue weighted by Crippen LogP contribution is -2.52. The number of nitrogens with zero attached hydrogens (tertiary/aromatic N) is 2. The number of guanidine groups is 1. The van der Waals surface area contributed by atoms with Gasteiger partial charge in [0.25, 0.3) is 5.91 Å². The third kappa shape index (κ3) is 4.16. The molecule has 3 aliphatic rings. The lowest BCUT2D eigenvalue weighted by Gasteiger charge is -2.31. The number of carbonyl (C=O) groups excluding carboxylic acids is 1. The van der Waals surface area contributed by atoms with Gasteiger partial charge in [0.1, 0.15) is 5.82 Å². The van der Waals surface area contributed by atoms with Crippen LogP contribution in [0.3, 0.4) is 0 Å². The van der Waals surface area contributed by atoms with Crippen LogP contribution in [0.25, 0.3) is 0 Å². The summed E-state index contributed by atoms with van der Waals surface area (Å²) in [5.74, 6) is -2.09. The molecule has 0 spiro atoms. The summed E-state index contributed by atoms with van der Waals surface area (Å²) in [4.78, 5) is 18.1. The van der Waals surface area contributed by atoms with Crippen LogP contribution in [0.15, 0.2) is 28.9 Å². The first-order valence-corrected chi connectivity index (χ1v) is 9.43. The minimum absolute atomic E-state index is 0.0572. The van der Waals surface area contributed by atoms with Gasteiger partial charge < -0.3 is 15.0 Å². The summed E-state index contributed by atoms with van der Waals surface area (Å²) >= 11 is 0. The Labute approximate surface area is 169 Å². The van der Waals surface area contributed by atoms with Gasteiger partial charge in [0.05, 0.1) is 30.0 Å². The topological polar surface area (TPSA) is 89.8 Å². The average molecular weight is 425 g/mol. The normalized spacial score (nSPS) is 21.5. The molecular formula is C19H19F4N5O2. The van der Waals surface area contributed by atoms with Gasteiger partial charge in [-0.15, -0.1) is 0 Å². The Hall–Kier alpha value is -2.95. The first-order chi connectivity index (χ1) is 14.2. The van der Waals surface area contributed by atoms with Crippen LogP contribution in [0.4, 0.5) is 23.2 Å². The van der Waals surface area contributed by atoms with E-state index in [0.717, 1.165) is 31.2 Å². The summed E-state index contributed by atoms with van der Waals surface area (Å²) in [6, 6.07) is 2.01. The smallest absolute Gasteiger partial charge is 0.378 e. The predicted octanol–water partition coefficient (Wildman–Crippen LogP) is 2.81. The molecule has 7 nitrogen and oxygen atoms in total. The number of alkyl halides is 3. The van der Waals surface area contributed by atoms with Crippen molar-refractivity contribution in [3.63, 3.8) is 0 Å². The zero-order valence-corrected chi connectivity index (χ0v) is 15.8. The Bertz CT molecular complexity index is 947. The highest BCUT2D eigenvalue weighted by Crippen LogP contribution is 2.45. The maximum Gasteiger partial charge on any atom is 0.418 e. The van der Waals surface area contributed by atoms with Crippen molar-refractivity contribution in [1.82, 2.24) is 10.2 Å². The zero-order valence-electron chi connectivity index (χ0n) is 15.8. The van der Waals surface area contributed by atoms with E-state index < -0.39 is 35.0 Å². The molecule has 160 valence electrons. The van der Waals surface area contributed by atoms with E-state index in [1.54, 1.807) is 4.90 Å². The van der Waals surface area contributed by atoms with Gasteiger partial charge in [0.2, 0.25) is 5.96 Å². The van der Waals surface area contributed by atoms with Gasteiger partial charge in [-0.2, -0.15) is 18.2 Å². The van der Waals surface area contributed by atoms with Crippen molar-refractivity contribution in [2.75, 3.05) is 31.6 Å². The van der Waals surface area contributed by atoms with Gasteiger partial charge in [0, 0.05) is 19.3 Å². The number of ether oxygens (including phenoxy) is 1. The van der Waals surface area contributed by atoms with Crippen molar-refractivity contribution < 1.29 is 27.1 Å². The van der Waals surface area contributed by atoms with E-state index in [9.17, 15) is 22.4 Å². The van der Waals surface area contributed by atoms with Crippen LogP contribution in [-0.2, 0) is 15.7 Å². The lowest BCUT2D eigenvalue weighted by atomic mass is 10.0. The minimum atomic E-state index is -4.78. The number of rotatable bonds is 3. The van der Waals surface area contributed by atoms with Crippen LogP contribution in [0, 0.1) is 11.2 Å². The van der Waals surface area contributed by atoms with Gasteiger partial charge >= 0.3 is 6.18 Å². The van der Waals surface area contributed by atoms with E-state index in [0.29, 0.717) is 31.9 Å². The van der Waals surface area contributed by atoms with Crippen LogP contribution in [-0.4, -0.2) is 48.9 Å². The summed E-state index contributed by atoms with van der Waals surface area (Å²) in [7, 11) is 0. The molecule has 0 radical (unpaired) electrons. The molecule has 1 aromatic rings. The van der Waals surface area contributed by atoms with Crippen molar-refractivity contribution in [2.45, 2.75) is 24.9 Å². The van der Waals surface area contributed by atoms with E-state index in [2.05, 4.69) is 15.6 Å². The van der Waals surface area contributed by atoms with E-state index >= 15 is 0 Å². The van der Waals surface area contributed by atoms with E-state index in [4.69, 9.17) is 10.1 Å². The fourth-order valence-corrected chi connectivity index (χ4v) is 3.32. The molecule has 2 fully saturated rings. The van der Waals surface area contributed by atoms with Crippen LogP contribution < -0.4 is 10.6 Å². The third-order valence-electron chi connectivity index (χ3n) is 5.08. The summed E-state index contributed by atoms with van der Waals surface area (Å²) in [5.41, 5.74) is -1.93. The Morgan fingerprint density at radius 1 is 1.27 bits per heavy atom. The number of hydrogen-bond acceptors (Lipinski definition) is 5. The Kier molecular flexibility index (Phi) is 5.22. The molecule has 1 saturated carbocycles. The summed E-state index contributed by atoms with van der Waals surface area (Å²) in [5, 5.41) is 12.7. The van der Waals surface area contributed by atoms with Gasteiger partial charge in [0.15, 0.2) is 5.84 Å². The number of aliphatic imine (C=N–C) groups is 1. The quantitative estimate of drug-likeness (QED) is 0.513. The molecule has 2 aliphatic heterocycles. The molecule has 2 heterocycles. The molecule has 1 amide bonds. The largest absolute Gasteiger partial charge is 0.418 e. The standard InChI is InChI=1S/C19H19F4N5O2/c20-14-8-11(10-1-2-10)7-13(19(21,22)23)15(14)25-9-12-16(24)26-18(27-17(12)29)28-3-5-30-6-4-28/h7-10,25H,1-6H2,(H2,24,26,27,29)/b12-9+. The first-order valence-electron chi connectivity index (χ1n) is 9.43. The van der Waals surface area contributed by atoms with Gasteiger partial charge in [-0.1, -0.05) is 0 Å². The average Bonchev–Trinajstić information content (AvgIpc) is 3.53. The zero-order chi connectivity index (χ0) is 21.5. The highest BCUT2D eigenvalue weighted by atomic mass is 19.4. The highest BCUT2D eigenvalue weighted by Gasteiger charge is 2.37. The number of nitrogens with one attached hydrogen (secondary N) is 3. The molecule has 0 bridgehead atoms. The highest BCUT2D eigenvalue weighted by molar-refractivity contribution is 6.28. The van der Waals surface area contributed by atoms with Crippen molar-refractivity contribution in [3.05, 3.63) is 40.8 Å². The van der Waals surface area contributed by atoms with Crippen molar-refractivity contribution in [2.24, 2.45) is 4.99 Å². The molecule has 1 aromatic carbocycles. The number of morpholine rings is 1. The van der Waals surface area contributed by atoms with Crippen LogP contribution >= 0.6 is 0 Å². The first kappa shape index (κ1) is 20.3.